The number of aromatic amines is 1. The van der Waals surface area contributed by atoms with Crippen molar-refractivity contribution in [1.82, 2.24) is 9.97 Å². The van der Waals surface area contributed by atoms with E-state index >= 15 is 0 Å². The average Bonchev–Trinajstić information content (AvgIpc) is 3.20. The van der Waals surface area contributed by atoms with Crippen LogP contribution in [0.15, 0.2) is 48.5 Å². The summed E-state index contributed by atoms with van der Waals surface area (Å²) in [7, 11) is 1.70. The molecule has 1 aliphatic carbocycles. The Morgan fingerprint density at radius 1 is 1.05 bits per heavy atom. The SMILES string of the molecule is COc1ccc(C2(c3nc4ccccc4[nH]3)CC2)cc1. The van der Waals surface area contributed by atoms with Gasteiger partial charge in [-0.25, -0.2) is 4.98 Å². The summed E-state index contributed by atoms with van der Waals surface area (Å²) in [6, 6.07) is 16.6. The number of nitrogens with zero attached hydrogens (tertiary/aromatic N) is 1. The summed E-state index contributed by atoms with van der Waals surface area (Å²) < 4.78 is 5.23. The highest BCUT2D eigenvalue weighted by molar-refractivity contribution is 5.75. The van der Waals surface area contributed by atoms with Crippen LogP contribution in [-0.4, -0.2) is 17.1 Å². The molecule has 0 saturated heterocycles. The highest BCUT2D eigenvalue weighted by atomic mass is 16.5. The van der Waals surface area contributed by atoms with Crippen LogP contribution >= 0.6 is 0 Å². The smallest absolute Gasteiger partial charge is 0.118 e. The van der Waals surface area contributed by atoms with E-state index in [0.29, 0.717) is 0 Å². The molecule has 20 heavy (non-hydrogen) atoms. The zero-order valence-electron chi connectivity index (χ0n) is 11.4. The maximum absolute atomic E-state index is 5.23. The first-order valence-corrected chi connectivity index (χ1v) is 6.92. The lowest BCUT2D eigenvalue weighted by Crippen LogP contribution is -2.10. The van der Waals surface area contributed by atoms with Crippen LogP contribution in [-0.2, 0) is 5.41 Å². The predicted octanol–water partition coefficient (Wildman–Crippen LogP) is 3.65. The standard InChI is InChI=1S/C17H16N2O/c1-20-13-8-6-12(7-9-13)17(10-11-17)16-18-14-4-2-3-5-15(14)19-16/h2-9H,10-11H2,1H3,(H,18,19). The molecule has 0 aliphatic heterocycles. The molecule has 3 aromatic rings. The van der Waals surface area contributed by atoms with Crippen molar-refractivity contribution in [3.05, 3.63) is 59.9 Å². The lowest BCUT2D eigenvalue weighted by molar-refractivity contribution is 0.414. The number of H-pyrrole nitrogens is 1. The number of fused-ring (bicyclic) bond motifs is 1. The summed E-state index contributed by atoms with van der Waals surface area (Å²) in [6.07, 6.45) is 2.30. The molecule has 1 heterocycles. The Labute approximate surface area is 117 Å². The normalized spacial score (nSPS) is 16.2. The summed E-state index contributed by atoms with van der Waals surface area (Å²) in [5, 5.41) is 0. The van der Waals surface area contributed by atoms with Crippen molar-refractivity contribution in [2.75, 3.05) is 7.11 Å². The molecule has 0 bridgehead atoms. The van der Waals surface area contributed by atoms with Crippen LogP contribution in [0.2, 0.25) is 0 Å². The molecule has 1 N–H and O–H groups in total. The third-order valence-electron chi connectivity index (χ3n) is 4.24. The van der Waals surface area contributed by atoms with E-state index in [9.17, 15) is 0 Å². The largest absolute Gasteiger partial charge is 0.497 e. The van der Waals surface area contributed by atoms with Crippen molar-refractivity contribution in [2.24, 2.45) is 0 Å². The summed E-state index contributed by atoms with van der Waals surface area (Å²) in [6.45, 7) is 0. The Hall–Kier alpha value is -2.29. The minimum Gasteiger partial charge on any atom is -0.497 e. The summed E-state index contributed by atoms with van der Waals surface area (Å²) >= 11 is 0. The van der Waals surface area contributed by atoms with Gasteiger partial charge in [0.1, 0.15) is 11.6 Å². The zero-order chi connectivity index (χ0) is 13.6. The van der Waals surface area contributed by atoms with E-state index in [-0.39, 0.29) is 5.41 Å². The lowest BCUT2D eigenvalue weighted by Gasteiger charge is -2.13. The molecule has 0 unspecified atom stereocenters. The number of imidazole rings is 1. The van der Waals surface area contributed by atoms with E-state index < -0.39 is 0 Å². The molecule has 3 nitrogen and oxygen atoms in total. The second-order valence-electron chi connectivity index (χ2n) is 5.41. The Bertz CT molecular complexity index is 721. The second kappa shape index (κ2) is 4.10. The molecule has 100 valence electrons. The second-order valence-corrected chi connectivity index (χ2v) is 5.41. The molecular weight excluding hydrogens is 248 g/mol. The maximum Gasteiger partial charge on any atom is 0.118 e. The van der Waals surface area contributed by atoms with Gasteiger partial charge in [0, 0.05) is 0 Å². The van der Waals surface area contributed by atoms with Crippen molar-refractivity contribution in [1.29, 1.82) is 0 Å². The van der Waals surface area contributed by atoms with E-state index in [1.807, 2.05) is 24.3 Å². The number of rotatable bonds is 3. The first kappa shape index (κ1) is 11.5. The van der Waals surface area contributed by atoms with E-state index in [1.54, 1.807) is 7.11 Å². The number of hydrogen-bond donors (Lipinski definition) is 1. The van der Waals surface area contributed by atoms with Crippen molar-refractivity contribution < 1.29 is 4.74 Å². The molecule has 0 atom stereocenters. The van der Waals surface area contributed by atoms with Gasteiger partial charge in [-0.05, 0) is 42.7 Å². The van der Waals surface area contributed by atoms with Gasteiger partial charge in [-0.1, -0.05) is 24.3 Å². The maximum atomic E-state index is 5.23. The van der Waals surface area contributed by atoms with Gasteiger partial charge in [0.25, 0.3) is 0 Å². The lowest BCUT2D eigenvalue weighted by atomic mass is 9.95. The Morgan fingerprint density at radius 2 is 1.80 bits per heavy atom. The van der Waals surface area contributed by atoms with Gasteiger partial charge in [0.2, 0.25) is 0 Å². The fourth-order valence-electron chi connectivity index (χ4n) is 2.88. The van der Waals surface area contributed by atoms with E-state index in [4.69, 9.17) is 9.72 Å². The summed E-state index contributed by atoms with van der Waals surface area (Å²) in [4.78, 5) is 8.26. The quantitative estimate of drug-likeness (QED) is 0.784. The molecule has 3 heteroatoms. The fourth-order valence-corrected chi connectivity index (χ4v) is 2.88. The van der Waals surface area contributed by atoms with E-state index in [2.05, 4.69) is 29.2 Å². The van der Waals surface area contributed by atoms with E-state index in [0.717, 1.165) is 35.4 Å². The van der Waals surface area contributed by atoms with Crippen LogP contribution in [0, 0.1) is 0 Å². The van der Waals surface area contributed by atoms with Gasteiger partial charge in [0.15, 0.2) is 0 Å². The number of aromatic nitrogens is 2. The van der Waals surface area contributed by atoms with Gasteiger partial charge >= 0.3 is 0 Å². The third kappa shape index (κ3) is 1.63. The number of benzene rings is 2. The van der Waals surface area contributed by atoms with Gasteiger partial charge < -0.3 is 9.72 Å². The summed E-state index contributed by atoms with van der Waals surface area (Å²) in [5.74, 6) is 1.98. The Morgan fingerprint density at radius 3 is 2.45 bits per heavy atom. The van der Waals surface area contributed by atoms with Crippen LogP contribution in [0.1, 0.15) is 24.2 Å². The Kier molecular flexibility index (Phi) is 2.36. The molecule has 1 aromatic heterocycles. The average molecular weight is 264 g/mol. The van der Waals surface area contributed by atoms with Crippen LogP contribution in [0.25, 0.3) is 11.0 Å². The van der Waals surface area contributed by atoms with Crippen molar-refractivity contribution in [2.45, 2.75) is 18.3 Å². The van der Waals surface area contributed by atoms with Crippen molar-refractivity contribution >= 4 is 11.0 Å². The highest BCUT2D eigenvalue weighted by Gasteiger charge is 2.48. The first-order valence-electron chi connectivity index (χ1n) is 6.92. The van der Waals surface area contributed by atoms with Gasteiger partial charge in [-0.3, -0.25) is 0 Å². The summed E-state index contributed by atoms with van der Waals surface area (Å²) in [5.41, 5.74) is 3.55. The Balaban J connectivity index is 1.79. The van der Waals surface area contributed by atoms with Gasteiger partial charge in [0.05, 0.1) is 23.6 Å². The van der Waals surface area contributed by atoms with Gasteiger partial charge in [-0.2, -0.15) is 0 Å². The number of hydrogen-bond acceptors (Lipinski definition) is 2. The molecule has 1 aliphatic rings. The highest BCUT2D eigenvalue weighted by Crippen LogP contribution is 2.52. The molecule has 4 rings (SSSR count). The minimum absolute atomic E-state index is 0.0747. The van der Waals surface area contributed by atoms with Crippen LogP contribution in [0.5, 0.6) is 5.75 Å². The monoisotopic (exact) mass is 264 g/mol. The van der Waals surface area contributed by atoms with Crippen molar-refractivity contribution in [3.8, 4) is 5.75 Å². The molecule has 0 amide bonds. The number of ether oxygens (including phenoxy) is 1. The molecule has 0 radical (unpaired) electrons. The third-order valence-corrected chi connectivity index (χ3v) is 4.24. The van der Waals surface area contributed by atoms with Crippen LogP contribution < -0.4 is 4.74 Å². The van der Waals surface area contributed by atoms with E-state index in [1.165, 1.54) is 5.56 Å². The molecule has 1 fully saturated rings. The topological polar surface area (TPSA) is 37.9 Å². The number of para-hydroxylation sites is 2. The molecular formula is C17H16N2O. The van der Waals surface area contributed by atoms with Gasteiger partial charge in [-0.15, -0.1) is 0 Å². The molecule has 1 saturated carbocycles. The van der Waals surface area contributed by atoms with Crippen molar-refractivity contribution in [3.63, 3.8) is 0 Å². The molecule has 0 spiro atoms. The first-order chi connectivity index (χ1) is 9.82. The number of nitrogens with one attached hydrogen (secondary N) is 1. The number of methoxy groups -OCH3 is 1. The fraction of sp³-hybridized carbons (Fsp3) is 0.235. The minimum atomic E-state index is 0.0747. The zero-order valence-corrected chi connectivity index (χ0v) is 11.4. The van der Waals surface area contributed by atoms with Crippen LogP contribution in [0.4, 0.5) is 0 Å². The van der Waals surface area contributed by atoms with Crippen LogP contribution in [0.3, 0.4) is 0 Å². The predicted molar refractivity (Wildman–Crippen MR) is 79.1 cm³/mol. The molecule has 2 aromatic carbocycles.